The van der Waals surface area contributed by atoms with Gasteiger partial charge >= 0.3 is 0 Å². The van der Waals surface area contributed by atoms with Crippen LogP contribution in [0.15, 0.2) is 17.3 Å². The first-order chi connectivity index (χ1) is 6.05. The van der Waals surface area contributed by atoms with Crippen LogP contribution < -0.4 is 0 Å². The maximum atomic E-state index is 11.1. The molecule has 1 aromatic rings. The molecule has 0 radical (unpaired) electrons. The van der Waals surface area contributed by atoms with Crippen LogP contribution in [0.4, 0.5) is 0 Å². The van der Waals surface area contributed by atoms with Gasteiger partial charge in [-0.3, -0.25) is 4.68 Å². The molecule has 1 atom stereocenters. The van der Waals surface area contributed by atoms with Crippen molar-refractivity contribution < 1.29 is 13.2 Å². The van der Waals surface area contributed by atoms with Crippen LogP contribution in [0.1, 0.15) is 0 Å². The van der Waals surface area contributed by atoms with Crippen LogP contribution >= 0.6 is 0 Å². The normalized spacial score (nSPS) is 21.8. The van der Waals surface area contributed by atoms with E-state index in [1.807, 2.05) is 0 Å². The Balaban J connectivity index is 2.17. The molecule has 1 aromatic heterocycles. The molecule has 1 aliphatic heterocycles. The number of hydrogen-bond donors (Lipinski definition) is 0. The predicted octanol–water partition coefficient (Wildman–Crippen LogP) is -0.315. The molecule has 1 saturated heterocycles. The molecule has 0 N–H and O–H groups in total. The number of rotatable bonds is 3. The second-order valence-electron chi connectivity index (χ2n) is 3.13. The molecule has 1 fully saturated rings. The first-order valence-corrected chi connectivity index (χ1v) is 5.79. The highest BCUT2D eigenvalue weighted by molar-refractivity contribution is 7.90. The predicted molar refractivity (Wildman–Crippen MR) is 45.1 cm³/mol. The highest BCUT2D eigenvalue weighted by Crippen LogP contribution is 2.13. The molecule has 0 amide bonds. The van der Waals surface area contributed by atoms with Crippen LogP contribution in [0.5, 0.6) is 0 Å². The van der Waals surface area contributed by atoms with E-state index in [0.29, 0.717) is 6.54 Å². The van der Waals surface area contributed by atoms with Crippen molar-refractivity contribution in [3.63, 3.8) is 0 Å². The molecule has 0 aromatic carbocycles. The molecular formula is C7H10N2O3S. The minimum atomic E-state index is -3.12. The van der Waals surface area contributed by atoms with E-state index >= 15 is 0 Å². The molecular weight excluding hydrogens is 192 g/mol. The van der Waals surface area contributed by atoms with Crippen molar-refractivity contribution in [3.8, 4) is 0 Å². The third kappa shape index (κ3) is 2.07. The van der Waals surface area contributed by atoms with Gasteiger partial charge in [0.15, 0.2) is 9.84 Å². The van der Waals surface area contributed by atoms with Crippen molar-refractivity contribution in [1.82, 2.24) is 9.78 Å². The largest absolute Gasteiger partial charge is 0.371 e. The SMILES string of the molecule is CS(=O)(=O)c1cnn(CC2CO2)c1. The molecule has 0 aliphatic carbocycles. The van der Waals surface area contributed by atoms with Crippen molar-refractivity contribution in [1.29, 1.82) is 0 Å². The lowest BCUT2D eigenvalue weighted by Gasteiger charge is -1.94. The molecule has 5 nitrogen and oxygen atoms in total. The second kappa shape index (κ2) is 2.81. The lowest BCUT2D eigenvalue weighted by Crippen LogP contribution is -2.04. The van der Waals surface area contributed by atoms with Crippen molar-refractivity contribution in [3.05, 3.63) is 12.4 Å². The van der Waals surface area contributed by atoms with Gasteiger partial charge in [-0.15, -0.1) is 0 Å². The molecule has 13 heavy (non-hydrogen) atoms. The van der Waals surface area contributed by atoms with Gasteiger partial charge in [0.1, 0.15) is 11.0 Å². The lowest BCUT2D eigenvalue weighted by molar-refractivity contribution is 0.373. The quantitative estimate of drug-likeness (QED) is 0.630. The Labute approximate surface area is 76.2 Å². The summed E-state index contributed by atoms with van der Waals surface area (Å²) in [6.07, 6.45) is 4.27. The standard InChI is InChI=1S/C7H10N2O3S/c1-13(10,11)7-2-8-9(4-7)3-6-5-12-6/h2,4,6H,3,5H2,1H3. The van der Waals surface area contributed by atoms with Crippen molar-refractivity contribution in [2.45, 2.75) is 17.5 Å². The summed E-state index contributed by atoms with van der Waals surface area (Å²) in [6, 6.07) is 0. The van der Waals surface area contributed by atoms with Gasteiger partial charge in [-0.2, -0.15) is 5.10 Å². The lowest BCUT2D eigenvalue weighted by atomic mass is 10.5. The molecule has 6 heteroatoms. The summed E-state index contributed by atoms with van der Waals surface area (Å²) in [4.78, 5) is 0.258. The van der Waals surface area contributed by atoms with E-state index in [-0.39, 0.29) is 11.0 Å². The van der Waals surface area contributed by atoms with Gasteiger partial charge in [-0.1, -0.05) is 0 Å². The summed E-state index contributed by atoms with van der Waals surface area (Å²) in [7, 11) is -3.12. The Kier molecular flexibility index (Phi) is 1.88. The van der Waals surface area contributed by atoms with E-state index in [2.05, 4.69) is 5.10 Å². The van der Waals surface area contributed by atoms with Crippen molar-refractivity contribution >= 4 is 9.84 Å². The summed E-state index contributed by atoms with van der Waals surface area (Å²) in [5, 5.41) is 3.92. The van der Waals surface area contributed by atoms with Gasteiger partial charge in [0, 0.05) is 12.5 Å². The number of aromatic nitrogens is 2. The van der Waals surface area contributed by atoms with Crippen LogP contribution in [-0.4, -0.2) is 37.2 Å². The molecule has 1 aliphatic rings. The molecule has 2 heterocycles. The maximum absolute atomic E-state index is 11.1. The topological polar surface area (TPSA) is 64.5 Å². The fourth-order valence-electron chi connectivity index (χ4n) is 1.02. The Morgan fingerprint density at radius 1 is 1.77 bits per heavy atom. The third-order valence-corrected chi connectivity index (χ3v) is 2.90. The van der Waals surface area contributed by atoms with Gasteiger partial charge in [-0.05, 0) is 0 Å². The average molecular weight is 202 g/mol. The van der Waals surface area contributed by atoms with Crippen LogP contribution in [-0.2, 0) is 21.1 Å². The molecule has 0 saturated carbocycles. The van der Waals surface area contributed by atoms with Crippen LogP contribution in [0.25, 0.3) is 0 Å². The molecule has 0 bridgehead atoms. The average Bonchev–Trinajstić information content (AvgIpc) is 2.63. The zero-order chi connectivity index (χ0) is 9.47. The highest BCUT2D eigenvalue weighted by atomic mass is 32.2. The molecule has 1 unspecified atom stereocenters. The first-order valence-electron chi connectivity index (χ1n) is 3.90. The molecule has 0 spiro atoms. The fraction of sp³-hybridized carbons (Fsp3) is 0.571. The second-order valence-corrected chi connectivity index (χ2v) is 5.14. The minimum Gasteiger partial charge on any atom is -0.371 e. The van der Waals surface area contributed by atoms with E-state index < -0.39 is 9.84 Å². The van der Waals surface area contributed by atoms with E-state index in [0.717, 1.165) is 6.61 Å². The number of nitrogens with zero attached hydrogens (tertiary/aromatic N) is 2. The Bertz CT molecular complexity index is 405. The summed E-state index contributed by atoms with van der Waals surface area (Å²) >= 11 is 0. The monoisotopic (exact) mass is 202 g/mol. The Morgan fingerprint density at radius 2 is 2.46 bits per heavy atom. The smallest absolute Gasteiger partial charge is 0.178 e. The van der Waals surface area contributed by atoms with Crippen molar-refractivity contribution in [2.24, 2.45) is 0 Å². The molecule has 2 rings (SSSR count). The number of ether oxygens (including phenoxy) is 1. The maximum Gasteiger partial charge on any atom is 0.178 e. The van der Waals surface area contributed by atoms with Crippen LogP contribution in [0, 0.1) is 0 Å². The van der Waals surface area contributed by atoms with Gasteiger partial charge in [0.2, 0.25) is 0 Å². The minimum absolute atomic E-state index is 0.215. The summed E-state index contributed by atoms with van der Waals surface area (Å²) < 4.78 is 28.7. The zero-order valence-electron chi connectivity index (χ0n) is 7.17. The van der Waals surface area contributed by atoms with E-state index in [4.69, 9.17) is 4.74 Å². The summed E-state index contributed by atoms with van der Waals surface area (Å²) in [5.74, 6) is 0. The summed E-state index contributed by atoms with van der Waals surface area (Å²) in [5.41, 5.74) is 0. The summed E-state index contributed by atoms with van der Waals surface area (Å²) in [6.45, 7) is 1.38. The van der Waals surface area contributed by atoms with Crippen molar-refractivity contribution in [2.75, 3.05) is 12.9 Å². The van der Waals surface area contributed by atoms with Crippen LogP contribution in [0.3, 0.4) is 0 Å². The van der Waals surface area contributed by atoms with E-state index in [1.165, 1.54) is 18.6 Å². The highest BCUT2D eigenvalue weighted by Gasteiger charge is 2.23. The van der Waals surface area contributed by atoms with Gasteiger partial charge in [0.25, 0.3) is 0 Å². The Hall–Kier alpha value is -0.880. The zero-order valence-corrected chi connectivity index (χ0v) is 7.99. The number of sulfone groups is 1. The molecule has 72 valence electrons. The number of epoxide rings is 1. The van der Waals surface area contributed by atoms with Gasteiger partial charge in [0.05, 0.1) is 19.3 Å². The third-order valence-electron chi connectivity index (χ3n) is 1.83. The van der Waals surface area contributed by atoms with Gasteiger partial charge in [-0.25, -0.2) is 8.42 Å². The number of hydrogen-bond acceptors (Lipinski definition) is 4. The van der Waals surface area contributed by atoms with Crippen LogP contribution in [0.2, 0.25) is 0 Å². The van der Waals surface area contributed by atoms with E-state index in [1.54, 1.807) is 4.68 Å². The van der Waals surface area contributed by atoms with E-state index in [9.17, 15) is 8.42 Å². The van der Waals surface area contributed by atoms with Gasteiger partial charge < -0.3 is 4.74 Å². The Morgan fingerprint density at radius 3 is 2.92 bits per heavy atom. The first kappa shape index (κ1) is 8.71. The fourth-order valence-corrected chi connectivity index (χ4v) is 1.57.